The Balaban J connectivity index is 1.79. The van der Waals surface area contributed by atoms with Crippen molar-refractivity contribution in [3.63, 3.8) is 0 Å². The first kappa shape index (κ1) is 17.3. The summed E-state index contributed by atoms with van der Waals surface area (Å²) in [6, 6.07) is 10.2. The second kappa shape index (κ2) is 6.88. The van der Waals surface area contributed by atoms with E-state index >= 15 is 0 Å². The molecule has 5 heteroatoms. The molecule has 0 bridgehead atoms. The van der Waals surface area contributed by atoms with E-state index in [0.29, 0.717) is 25.5 Å². The summed E-state index contributed by atoms with van der Waals surface area (Å²) in [6.45, 7) is 6.86. The number of morpholine rings is 1. The number of hydrogen-bond acceptors (Lipinski definition) is 3. The standard InChI is InChI=1S/C21H27N3O2/c1-21(2)15-26-14-13-24(21)20(25)18-17-11-7-4-8-12-23(17)19(22-18)16-9-5-3-6-10-16/h3,5-6,9-10H,4,7-8,11-15H2,1-2H3. The molecule has 26 heavy (non-hydrogen) atoms. The largest absolute Gasteiger partial charge is 0.377 e. The van der Waals surface area contributed by atoms with E-state index < -0.39 is 0 Å². The summed E-state index contributed by atoms with van der Waals surface area (Å²) in [5, 5.41) is 0. The van der Waals surface area contributed by atoms with Crippen LogP contribution in [0.4, 0.5) is 0 Å². The molecular weight excluding hydrogens is 326 g/mol. The predicted molar refractivity (Wildman–Crippen MR) is 101 cm³/mol. The minimum Gasteiger partial charge on any atom is -0.377 e. The lowest BCUT2D eigenvalue weighted by atomic mass is 10.0. The number of carbonyl (C=O) groups excluding carboxylic acids is 1. The van der Waals surface area contributed by atoms with E-state index in [1.807, 2.05) is 23.1 Å². The van der Waals surface area contributed by atoms with E-state index in [1.165, 1.54) is 6.42 Å². The molecule has 5 nitrogen and oxygen atoms in total. The Morgan fingerprint density at radius 3 is 2.69 bits per heavy atom. The first-order valence-corrected chi connectivity index (χ1v) is 9.62. The second-order valence-corrected chi connectivity index (χ2v) is 7.88. The van der Waals surface area contributed by atoms with Gasteiger partial charge in [-0.25, -0.2) is 4.98 Å². The van der Waals surface area contributed by atoms with E-state index in [0.717, 1.165) is 42.9 Å². The number of rotatable bonds is 2. The van der Waals surface area contributed by atoms with Gasteiger partial charge in [-0.3, -0.25) is 4.79 Å². The molecule has 0 spiro atoms. The molecule has 2 aliphatic heterocycles. The lowest BCUT2D eigenvalue weighted by Crippen LogP contribution is -2.55. The summed E-state index contributed by atoms with van der Waals surface area (Å²) < 4.78 is 7.87. The zero-order valence-electron chi connectivity index (χ0n) is 15.7. The molecule has 1 fully saturated rings. The van der Waals surface area contributed by atoms with Crippen LogP contribution in [0.5, 0.6) is 0 Å². The highest BCUT2D eigenvalue weighted by atomic mass is 16.5. The summed E-state index contributed by atoms with van der Waals surface area (Å²) in [5.41, 5.74) is 2.52. The van der Waals surface area contributed by atoms with Crippen LogP contribution in [0.3, 0.4) is 0 Å². The van der Waals surface area contributed by atoms with Gasteiger partial charge in [0.05, 0.1) is 24.4 Å². The molecule has 0 radical (unpaired) electrons. The number of nitrogens with zero attached hydrogens (tertiary/aromatic N) is 3. The van der Waals surface area contributed by atoms with Crippen LogP contribution in [-0.2, 0) is 17.7 Å². The summed E-state index contributed by atoms with van der Waals surface area (Å²) in [7, 11) is 0. The summed E-state index contributed by atoms with van der Waals surface area (Å²) in [5.74, 6) is 0.975. The van der Waals surface area contributed by atoms with E-state index in [-0.39, 0.29) is 11.4 Å². The molecule has 0 aliphatic carbocycles. The fourth-order valence-electron chi connectivity index (χ4n) is 4.06. The Morgan fingerprint density at radius 2 is 1.92 bits per heavy atom. The predicted octanol–water partition coefficient (Wildman–Crippen LogP) is 3.53. The van der Waals surface area contributed by atoms with Gasteiger partial charge in [-0.05, 0) is 33.1 Å². The molecule has 1 aromatic heterocycles. The molecule has 1 aromatic carbocycles. The lowest BCUT2D eigenvalue weighted by molar-refractivity contribution is -0.0373. The van der Waals surface area contributed by atoms with Crippen LogP contribution in [0.25, 0.3) is 11.4 Å². The van der Waals surface area contributed by atoms with Crippen LogP contribution in [0.1, 0.15) is 49.3 Å². The maximum atomic E-state index is 13.4. The number of aromatic nitrogens is 2. The molecular formula is C21H27N3O2. The number of imidazole rings is 1. The Hall–Kier alpha value is -2.14. The third kappa shape index (κ3) is 3.05. The molecule has 1 amide bonds. The van der Waals surface area contributed by atoms with Crippen LogP contribution >= 0.6 is 0 Å². The summed E-state index contributed by atoms with van der Waals surface area (Å²) >= 11 is 0. The van der Waals surface area contributed by atoms with Crippen LogP contribution in [0.2, 0.25) is 0 Å². The molecule has 0 N–H and O–H groups in total. The van der Waals surface area contributed by atoms with Crippen molar-refractivity contribution in [2.75, 3.05) is 19.8 Å². The van der Waals surface area contributed by atoms with E-state index in [4.69, 9.17) is 9.72 Å². The molecule has 2 aliphatic rings. The van der Waals surface area contributed by atoms with Crippen molar-refractivity contribution >= 4 is 5.91 Å². The van der Waals surface area contributed by atoms with Gasteiger partial charge in [0.2, 0.25) is 0 Å². The monoisotopic (exact) mass is 353 g/mol. The van der Waals surface area contributed by atoms with Crippen molar-refractivity contribution in [2.24, 2.45) is 0 Å². The zero-order valence-corrected chi connectivity index (χ0v) is 15.7. The fourth-order valence-corrected chi connectivity index (χ4v) is 4.06. The van der Waals surface area contributed by atoms with Crippen molar-refractivity contribution < 1.29 is 9.53 Å². The first-order chi connectivity index (χ1) is 12.6. The van der Waals surface area contributed by atoms with Gasteiger partial charge in [-0.15, -0.1) is 0 Å². The molecule has 4 rings (SSSR count). The Kier molecular flexibility index (Phi) is 4.57. The molecule has 2 aromatic rings. The molecule has 138 valence electrons. The highest BCUT2D eigenvalue weighted by Crippen LogP contribution is 2.30. The third-order valence-electron chi connectivity index (χ3n) is 5.49. The highest BCUT2D eigenvalue weighted by Gasteiger charge is 2.37. The number of hydrogen-bond donors (Lipinski definition) is 0. The van der Waals surface area contributed by atoms with Gasteiger partial charge in [-0.1, -0.05) is 36.8 Å². The number of amides is 1. The maximum Gasteiger partial charge on any atom is 0.274 e. The fraction of sp³-hybridized carbons (Fsp3) is 0.524. The van der Waals surface area contributed by atoms with Crippen molar-refractivity contribution in [2.45, 2.75) is 51.6 Å². The van der Waals surface area contributed by atoms with Crippen LogP contribution in [0, 0.1) is 0 Å². The quantitative estimate of drug-likeness (QED) is 0.830. The van der Waals surface area contributed by atoms with Gasteiger partial charge >= 0.3 is 0 Å². The maximum absolute atomic E-state index is 13.4. The average Bonchev–Trinajstić information content (AvgIpc) is 2.83. The Labute approximate surface area is 155 Å². The Bertz CT molecular complexity index is 795. The van der Waals surface area contributed by atoms with Gasteiger partial charge in [0, 0.05) is 18.7 Å². The second-order valence-electron chi connectivity index (χ2n) is 7.88. The van der Waals surface area contributed by atoms with Gasteiger partial charge in [0.15, 0.2) is 0 Å². The minimum atomic E-state index is -0.302. The summed E-state index contributed by atoms with van der Waals surface area (Å²) in [4.78, 5) is 20.3. The normalized spacial score (nSPS) is 19.7. The van der Waals surface area contributed by atoms with Gasteiger partial charge in [0.1, 0.15) is 11.5 Å². The van der Waals surface area contributed by atoms with Crippen LogP contribution in [0.15, 0.2) is 30.3 Å². The minimum absolute atomic E-state index is 0.0473. The average molecular weight is 353 g/mol. The van der Waals surface area contributed by atoms with Crippen molar-refractivity contribution in [1.29, 1.82) is 0 Å². The van der Waals surface area contributed by atoms with E-state index in [9.17, 15) is 4.79 Å². The van der Waals surface area contributed by atoms with Crippen LogP contribution in [-0.4, -0.2) is 45.7 Å². The molecule has 0 atom stereocenters. The molecule has 0 saturated carbocycles. The molecule has 1 saturated heterocycles. The Morgan fingerprint density at radius 1 is 1.12 bits per heavy atom. The number of carbonyl (C=O) groups is 1. The summed E-state index contributed by atoms with van der Waals surface area (Å²) in [6.07, 6.45) is 4.38. The van der Waals surface area contributed by atoms with E-state index in [1.54, 1.807) is 0 Å². The third-order valence-corrected chi connectivity index (χ3v) is 5.49. The number of benzene rings is 1. The number of ether oxygens (including phenoxy) is 1. The van der Waals surface area contributed by atoms with Crippen molar-refractivity contribution in [1.82, 2.24) is 14.5 Å². The zero-order chi connectivity index (χ0) is 18.1. The lowest BCUT2D eigenvalue weighted by Gasteiger charge is -2.41. The van der Waals surface area contributed by atoms with Gasteiger partial charge in [-0.2, -0.15) is 0 Å². The van der Waals surface area contributed by atoms with Gasteiger partial charge < -0.3 is 14.2 Å². The highest BCUT2D eigenvalue weighted by molar-refractivity contribution is 5.95. The van der Waals surface area contributed by atoms with E-state index in [2.05, 4.69) is 30.5 Å². The topological polar surface area (TPSA) is 47.4 Å². The van der Waals surface area contributed by atoms with Gasteiger partial charge in [0.25, 0.3) is 5.91 Å². The van der Waals surface area contributed by atoms with Crippen molar-refractivity contribution in [3.8, 4) is 11.4 Å². The first-order valence-electron chi connectivity index (χ1n) is 9.62. The smallest absolute Gasteiger partial charge is 0.274 e. The molecule has 3 heterocycles. The van der Waals surface area contributed by atoms with Crippen molar-refractivity contribution in [3.05, 3.63) is 41.7 Å². The molecule has 0 unspecified atom stereocenters. The SMILES string of the molecule is CC1(C)COCCN1C(=O)c1nc(-c2ccccc2)n2c1CCCCC2. The van der Waals surface area contributed by atoms with Crippen LogP contribution < -0.4 is 0 Å². The number of fused-ring (bicyclic) bond motifs is 1.